The summed E-state index contributed by atoms with van der Waals surface area (Å²) in [6, 6.07) is 7.91. The van der Waals surface area contributed by atoms with Crippen LogP contribution in [0.5, 0.6) is 0 Å². The van der Waals surface area contributed by atoms with Gasteiger partial charge in [-0.15, -0.1) is 0 Å². The Kier molecular flexibility index (Phi) is 4.46. The molecule has 0 saturated carbocycles. The van der Waals surface area contributed by atoms with Crippen molar-refractivity contribution in [2.24, 2.45) is 0 Å². The molecule has 0 aromatic heterocycles. The molecule has 3 heteroatoms. The number of rotatable bonds is 4. The van der Waals surface area contributed by atoms with Crippen LogP contribution in [0.2, 0.25) is 0 Å². The maximum absolute atomic E-state index is 12.8. The van der Waals surface area contributed by atoms with Gasteiger partial charge in [0.15, 0.2) is 0 Å². The van der Waals surface area contributed by atoms with Crippen molar-refractivity contribution in [2.45, 2.75) is 44.0 Å². The molecule has 1 heterocycles. The minimum Gasteiger partial charge on any atom is -0.310 e. The molecule has 1 nitrogen and oxygen atoms in total. The number of hydrogen-bond acceptors (Lipinski definition) is 2. The van der Waals surface area contributed by atoms with Gasteiger partial charge >= 0.3 is 0 Å². The maximum atomic E-state index is 12.8. The summed E-state index contributed by atoms with van der Waals surface area (Å²) in [6.07, 6.45) is 2.23. The molecular formula is C14H20FNS. The van der Waals surface area contributed by atoms with E-state index in [1.807, 2.05) is 23.9 Å². The number of nitrogens with one attached hydrogen (secondary N) is 1. The standard InChI is InChI=1S/C14H20FNS/c1-10(16-14-7-8-17-11(14)2)9-12-3-5-13(15)6-4-12/h3-6,10-11,14,16H,7-9H2,1-2H3. The minimum absolute atomic E-state index is 0.157. The van der Waals surface area contributed by atoms with E-state index in [1.54, 1.807) is 0 Å². The van der Waals surface area contributed by atoms with Crippen molar-refractivity contribution in [1.29, 1.82) is 0 Å². The first-order valence-electron chi connectivity index (χ1n) is 6.27. The molecule has 1 aliphatic heterocycles. The summed E-state index contributed by atoms with van der Waals surface area (Å²) >= 11 is 2.04. The second-order valence-electron chi connectivity index (χ2n) is 4.87. The molecule has 3 unspecified atom stereocenters. The molecular weight excluding hydrogens is 233 g/mol. The molecule has 2 rings (SSSR count). The fourth-order valence-electron chi connectivity index (χ4n) is 2.35. The third-order valence-electron chi connectivity index (χ3n) is 3.33. The summed E-state index contributed by atoms with van der Waals surface area (Å²) in [4.78, 5) is 0. The monoisotopic (exact) mass is 253 g/mol. The third-order valence-corrected chi connectivity index (χ3v) is 4.66. The van der Waals surface area contributed by atoms with Crippen LogP contribution in [0.3, 0.4) is 0 Å². The Morgan fingerprint density at radius 1 is 1.41 bits per heavy atom. The molecule has 0 radical (unpaired) electrons. The van der Waals surface area contributed by atoms with E-state index < -0.39 is 0 Å². The zero-order valence-electron chi connectivity index (χ0n) is 10.4. The Hall–Kier alpha value is -0.540. The van der Waals surface area contributed by atoms with Crippen molar-refractivity contribution in [1.82, 2.24) is 5.32 Å². The van der Waals surface area contributed by atoms with Gasteiger partial charge in [0, 0.05) is 17.3 Å². The van der Waals surface area contributed by atoms with Crippen molar-refractivity contribution >= 4 is 11.8 Å². The normalized spacial score (nSPS) is 26.1. The van der Waals surface area contributed by atoms with Gasteiger partial charge in [-0.3, -0.25) is 0 Å². The zero-order chi connectivity index (χ0) is 12.3. The Labute approximate surface area is 107 Å². The first-order chi connectivity index (χ1) is 8.15. The highest BCUT2D eigenvalue weighted by Crippen LogP contribution is 2.26. The molecule has 0 amide bonds. The van der Waals surface area contributed by atoms with Gasteiger partial charge in [0.2, 0.25) is 0 Å². The quantitative estimate of drug-likeness (QED) is 0.884. The van der Waals surface area contributed by atoms with E-state index in [1.165, 1.54) is 29.9 Å². The summed E-state index contributed by atoms with van der Waals surface area (Å²) in [5.41, 5.74) is 1.20. The Bertz CT molecular complexity index is 352. The molecule has 1 saturated heterocycles. The third kappa shape index (κ3) is 3.71. The summed E-state index contributed by atoms with van der Waals surface area (Å²) in [5, 5.41) is 4.39. The van der Waals surface area contributed by atoms with Crippen LogP contribution in [-0.4, -0.2) is 23.1 Å². The molecule has 94 valence electrons. The lowest BCUT2D eigenvalue weighted by Crippen LogP contribution is -2.40. The van der Waals surface area contributed by atoms with Crippen LogP contribution in [-0.2, 0) is 6.42 Å². The predicted octanol–water partition coefficient (Wildman–Crippen LogP) is 3.24. The molecule has 1 aromatic carbocycles. The van der Waals surface area contributed by atoms with Crippen molar-refractivity contribution in [3.63, 3.8) is 0 Å². The largest absolute Gasteiger partial charge is 0.310 e. The van der Waals surface area contributed by atoms with Gasteiger partial charge in [-0.2, -0.15) is 11.8 Å². The number of thioether (sulfide) groups is 1. The van der Waals surface area contributed by atoms with E-state index >= 15 is 0 Å². The molecule has 0 spiro atoms. The molecule has 3 atom stereocenters. The highest BCUT2D eigenvalue weighted by molar-refractivity contribution is 8.00. The highest BCUT2D eigenvalue weighted by atomic mass is 32.2. The van der Waals surface area contributed by atoms with Gasteiger partial charge in [0.05, 0.1) is 0 Å². The Morgan fingerprint density at radius 2 is 2.12 bits per heavy atom. The number of hydrogen-bond donors (Lipinski definition) is 1. The molecule has 0 aliphatic carbocycles. The van der Waals surface area contributed by atoms with Gasteiger partial charge in [-0.25, -0.2) is 4.39 Å². The van der Waals surface area contributed by atoms with E-state index in [0.717, 1.165) is 6.42 Å². The van der Waals surface area contributed by atoms with Crippen molar-refractivity contribution in [2.75, 3.05) is 5.75 Å². The SMILES string of the molecule is CC(Cc1ccc(F)cc1)NC1CCSC1C. The van der Waals surface area contributed by atoms with E-state index in [-0.39, 0.29) is 5.82 Å². The van der Waals surface area contributed by atoms with Crippen LogP contribution < -0.4 is 5.32 Å². The van der Waals surface area contributed by atoms with E-state index in [4.69, 9.17) is 0 Å². The molecule has 1 N–H and O–H groups in total. The second kappa shape index (κ2) is 5.87. The van der Waals surface area contributed by atoms with Crippen molar-refractivity contribution in [3.8, 4) is 0 Å². The van der Waals surface area contributed by atoms with Gasteiger partial charge in [-0.05, 0) is 43.2 Å². The summed E-state index contributed by atoms with van der Waals surface area (Å²) < 4.78 is 12.8. The first-order valence-corrected chi connectivity index (χ1v) is 7.32. The van der Waals surface area contributed by atoms with Crippen molar-refractivity contribution in [3.05, 3.63) is 35.6 Å². The Balaban J connectivity index is 1.84. The highest BCUT2D eigenvalue weighted by Gasteiger charge is 2.24. The lowest BCUT2D eigenvalue weighted by molar-refractivity contribution is 0.441. The zero-order valence-corrected chi connectivity index (χ0v) is 11.3. The van der Waals surface area contributed by atoms with E-state index in [9.17, 15) is 4.39 Å². The fourth-order valence-corrected chi connectivity index (χ4v) is 3.56. The molecule has 0 bridgehead atoms. The summed E-state index contributed by atoms with van der Waals surface area (Å²) in [7, 11) is 0. The van der Waals surface area contributed by atoms with E-state index in [2.05, 4.69) is 19.2 Å². The number of benzene rings is 1. The lowest BCUT2D eigenvalue weighted by Gasteiger charge is -2.22. The van der Waals surface area contributed by atoms with Gasteiger partial charge in [-0.1, -0.05) is 19.1 Å². The topological polar surface area (TPSA) is 12.0 Å². The first kappa shape index (κ1) is 12.9. The maximum Gasteiger partial charge on any atom is 0.123 e. The minimum atomic E-state index is -0.157. The second-order valence-corrected chi connectivity index (χ2v) is 6.35. The average Bonchev–Trinajstić information content (AvgIpc) is 2.68. The molecule has 1 aromatic rings. The average molecular weight is 253 g/mol. The fraction of sp³-hybridized carbons (Fsp3) is 0.571. The molecule has 1 aliphatic rings. The summed E-state index contributed by atoms with van der Waals surface area (Å²) in [6.45, 7) is 4.50. The van der Waals surface area contributed by atoms with Gasteiger partial charge in [0.25, 0.3) is 0 Å². The van der Waals surface area contributed by atoms with E-state index in [0.29, 0.717) is 17.3 Å². The smallest absolute Gasteiger partial charge is 0.123 e. The van der Waals surface area contributed by atoms with Gasteiger partial charge in [0.1, 0.15) is 5.82 Å². The van der Waals surface area contributed by atoms with Gasteiger partial charge < -0.3 is 5.32 Å². The van der Waals surface area contributed by atoms with Crippen LogP contribution in [0.1, 0.15) is 25.8 Å². The van der Waals surface area contributed by atoms with Crippen LogP contribution in [0.15, 0.2) is 24.3 Å². The number of halogens is 1. The lowest BCUT2D eigenvalue weighted by atomic mass is 10.0. The molecule has 1 fully saturated rings. The van der Waals surface area contributed by atoms with Crippen LogP contribution in [0.4, 0.5) is 4.39 Å². The van der Waals surface area contributed by atoms with Crippen LogP contribution in [0, 0.1) is 5.82 Å². The van der Waals surface area contributed by atoms with Crippen LogP contribution in [0.25, 0.3) is 0 Å². The van der Waals surface area contributed by atoms with Crippen molar-refractivity contribution < 1.29 is 4.39 Å². The predicted molar refractivity (Wildman–Crippen MR) is 73.0 cm³/mol. The summed E-state index contributed by atoms with van der Waals surface area (Å²) in [5.74, 6) is 1.11. The Morgan fingerprint density at radius 3 is 2.71 bits per heavy atom. The van der Waals surface area contributed by atoms with Crippen LogP contribution >= 0.6 is 11.8 Å². The molecule has 17 heavy (non-hydrogen) atoms.